The molecule has 2 aliphatic rings. The second kappa shape index (κ2) is 4.16. The van der Waals surface area contributed by atoms with Crippen LogP contribution in [0, 0.1) is 11.3 Å². The number of ether oxygens (including phenoxy) is 1. The van der Waals surface area contributed by atoms with Crippen molar-refractivity contribution in [1.82, 2.24) is 4.90 Å². The zero-order valence-electron chi connectivity index (χ0n) is 11.2. The zero-order valence-corrected chi connectivity index (χ0v) is 11.2. The molecule has 0 bridgehead atoms. The molecule has 2 rings (SSSR count). The van der Waals surface area contributed by atoms with Gasteiger partial charge in [-0.2, -0.15) is 0 Å². The zero-order chi connectivity index (χ0) is 12.7. The van der Waals surface area contributed by atoms with E-state index in [0.29, 0.717) is 11.3 Å². The van der Waals surface area contributed by atoms with Crippen LogP contribution in [0.5, 0.6) is 0 Å². The van der Waals surface area contributed by atoms with Crippen LogP contribution < -0.4 is 5.73 Å². The first-order valence-electron chi connectivity index (χ1n) is 6.54. The van der Waals surface area contributed by atoms with Crippen LogP contribution in [0.15, 0.2) is 0 Å². The summed E-state index contributed by atoms with van der Waals surface area (Å²) < 4.78 is 5.34. The SMILES string of the molecule is CC(C)(C)OC(=O)N1CC(C2(CN)CCC2)C1. The van der Waals surface area contributed by atoms with E-state index in [-0.39, 0.29) is 6.09 Å². The molecular formula is C13H24N2O2. The fourth-order valence-electron chi connectivity index (χ4n) is 2.75. The van der Waals surface area contributed by atoms with Crippen molar-refractivity contribution in [1.29, 1.82) is 0 Å². The Balaban J connectivity index is 1.81. The number of likely N-dealkylation sites (tertiary alicyclic amines) is 1. The molecule has 0 spiro atoms. The van der Waals surface area contributed by atoms with Crippen LogP contribution in [-0.2, 0) is 4.74 Å². The molecule has 1 heterocycles. The average molecular weight is 240 g/mol. The average Bonchev–Trinajstić information content (AvgIpc) is 2.03. The van der Waals surface area contributed by atoms with Gasteiger partial charge in [0.2, 0.25) is 0 Å². The molecule has 0 aromatic carbocycles. The second-order valence-electron chi connectivity index (χ2n) is 6.50. The first-order valence-corrected chi connectivity index (χ1v) is 6.54. The quantitative estimate of drug-likeness (QED) is 0.803. The first-order chi connectivity index (χ1) is 7.86. The Kier molecular flexibility index (Phi) is 3.10. The Morgan fingerprint density at radius 3 is 2.35 bits per heavy atom. The summed E-state index contributed by atoms with van der Waals surface area (Å²) in [6.45, 7) is 8.11. The standard InChI is InChI=1S/C13H24N2O2/c1-12(2,3)17-11(16)15-7-10(8-15)13(9-14)5-4-6-13/h10H,4-9,14H2,1-3H3. The summed E-state index contributed by atoms with van der Waals surface area (Å²) in [5.41, 5.74) is 5.80. The largest absolute Gasteiger partial charge is 0.444 e. The van der Waals surface area contributed by atoms with Gasteiger partial charge < -0.3 is 15.4 Å². The number of rotatable bonds is 2. The molecule has 4 nitrogen and oxygen atoms in total. The van der Waals surface area contributed by atoms with Gasteiger partial charge in [-0.3, -0.25) is 0 Å². The van der Waals surface area contributed by atoms with Crippen LogP contribution in [0.2, 0.25) is 0 Å². The van der Waals surface area contributed by atoms with Gasteiger partial charge in [0, 0.05) is 19.0 Å². The second-order valence-corrected chi connectivity index (χ2v) is 6.50. The van der Waals surface area contributed by atoms with Gasteiger partial charge in [-0.25, -0.2) is 4.79 Å². The van der Waals surface area contributed by atoms with Crippen LogP contribution >= 0.6 is 0 Å². The molecule has 98 valence electrons. The van der Waals surface area contributed by atoms with Crippen LogP contribution in [0.4, 0.5) is 4.79 Å². The molecule has 0 unspecified atom stereocenters. The molecule has 17 heavy (non-hydrogen) atoms. The van der Waals surface area contributed by atoms with Crippen LogP contribution in [-0.4, -0.2) is 36.2 Å². The van der Waals surface area contributed by atoms with E-state index < -0.39 is 5.60 Å². The van der Waals surface area contributed by atoms with Crippen LogP contribution in [0.25, 0.3) is 0 Å². The Hall–Kier alpha value is -0.770. The number of hydrogen-bond donors (Lipinski definition) is 1. The third-order valence-electron chi connectivity index (χ3n) is 4.16. The lowest BCUT2D eigenvalue weighted by Gasteiger charge is -2.54. The Morgan fingerprint density at radius 2 is 2.00 bits per heavy atom. The highest BCUT2D eigenvalue weighted by Crippen LogP contribution is 2.49. The van der Waals surface area contributed by atoms with Crippen LogP contribution in [0.3, 0.4) is 0 Å². The van der Waals surface area contributed by atoms with E-state index in [4.69, 9.17) is 10.5 Å². The lowest BCUT2D eigenvalue weighted by Crippen LogP contribution is -2.61. The highest BCUT2D eigenvalue weighted by atomic mass is 16.6. The van der Waals surface area contributed by atoms with Gasteiger partial charge in [0.1, 0.15) is 5.60 Å². The monoisotopic (exact) mass is 240 g/mol. The lowest BCUT2D eigenvalue weighted by molar-refractivity contribution is -0.0568. The number of carbonyl (C=O) groups is 1. The molecule has 2 N–H and O–H groups in total. The molecule has 1 amide bonds. The Bertz CT molecular complexity index is 294. The molecule has 0 radical (unpaired) electrons. The normalized spacial score (nSPS) is 23.9. The summed E-state index contributed by atoms with van der Waals surface area (Å²) in [5, 5.41) is 0. The molecule has 0 atom stereocenters. The molecule has 1 saturated heterocycles. The summed E-state index contributed by atoms with van der Waals surface area (Å²) in [4.78, 5) is 13.6. The molecule has 1 saturated carbocycles. The third kappa shape index (κ3) is 2.41. The van der Waals surface area contributed by atoms with Gasteiger partial charge in [0.15, 0.2) is 0 Å². The molecule has 4 heteroatoms. The predicted octanol–water partition coefficient (Wildman–Crippen LogP) is 1.98. The summed E-state index contributed by atoms with van der Waals surface area (Å²) in [6.07, 6.45) is 3.58. The van der Waals surface area contributed by atoms with E-state index in [2.05, 4.69) is 0 Å². The number of nitrogens with zero attached hydrogens (tertiary/aromatic N) is 1. The fraction of sp³-hybridized carbons (Fsp3) is 0.923. The predicted molar refractivity (Wildman–Crippen MR) is 66.6 cm³/mol. The van der Waals surface area contributed by atoms with E-state index in [1.54, 1.807) is 4.90 Å². The molecule has 2 fully saturated rings. The Morgan fingerprint density at radius 1 is 1.41 bits per heavy atom. The van der Waals surface area contributed by atoms with Gasteiger partial charge in [-0.15, -0.1) is 0 Å². The maximum atomic E-state index is 11.8. The molecule has 1 aliphatic carbocycles. The van der Waals surface area contributed by atoms with Crippen molar-refractivity contribution >= 4 is 6.09 Å². The molecule has 1 aliphatic heterocycles. The van der Waals surface area contributed by atoms with Crippen molar-refractivity contribution in [3.63, 3.8) is 0 Å². The summed E-state index contributed by atoms with van der Waals surface area (Å²) in [7, 11) is 0. The molecule has 0 aromatic heterocycles. The minimum absolute atomic E-state index is 0.180. The van der Waals surface area contributed by atoms with E-state index in [1.807, 2.05) is 20.8 Å². The molecule has 0 aromatic rings. The van der Waals surface area contributed by atoms with Crippen molar-refractivity contribution in [3.05, 3.63) is 0 Å². The number of nitrogens with two attached hydrogens (primary N) is 1. The smallest absolute Gasteiger partial charge is 0.410 e. The molecular weight excluding hydrogens is 216 g/mol. The summed E-state index contributed by atoms with van der Waals surface area (Å²) in [6, 6.07) is 0. The number of carbonyl (C=O) groups excluding carboxylic acids is 1. The number of hydrogen-bond acceptors (Lipinski definition) is 3. The van der Waals surface area contributed by atoms with Gasteiger partial charge >= 0.3 is 6.09 Å². The van der Waals surface area contributed by atoms with E-state index in [1.165, 1.54) is 19.3 Å². The lowest BCUT2D eigenvalue weighted by atomic mass is 9.59. The van der Waals surface area contributed by atoms with E-state index in [0.717, 1.165) is 19.6 Å². The first kappa shape index (κ1) is 12.7. The van der Waals surface area contributed by atoms with Gasteiger partial charge in [-0.1, -0.05) is 6.42 Å². The minimum atomic E-state index is -0.399. The minimum Gasteiger partial charge on any atom is -0.444 e. The Labute approximate surface area is 103 Å². The number of amides is 1. The van der Waals surface area contributed by atoms with Gasteiger partial charge in [-0.05, 0) is 45.6 Å². The van der Waals surface area contributed by atoms with Gasteiger partial charge in [0.25, 0.3) is 0 Å². The van der Waals surface area contributed by atoms with E-state index in [9.17, 15) is 4.79 Å². The van der Waals surface area contributed by atoms with Crippen molar-refractivity contribution in [2.75, 3.05) is 19.6 Å². The third-order valence-corrected chi connectivity index (χ3v) is 4.16. The van der Waals surface area contributed by atoms with Crippen molar-refractivity contribution < 1.29 is 9.53 Å². The topological polar surface area (TPSA) is 55.6 Å². The maximum absolute atomic E-state index is 11.8. The van der Waals surface area contributed by atoms with Crippen molar-refractivity contribution in [3.8, 4) is 0 Å². The maximum Gasteiger partial charge on any atom is 0.410 e. The van der Waals surface area contributed by atoms with Crippen LogP contribution in [0.1, 0.15) is 40.0 Å². The highest BCUT2D eigenvalue weighted by molar-refractivity contribution is 5.69. The van der Waals surface area contributed by atoms with E-state index >= 15 is 0 Å². The van der Waals surface area contributed by atoms with Crippen molar-refractivity contribution in [2.45, 2.75) is 45.6 Å². The highest BCUT2D eigenvalue weighted by Gasteiger charge is 2.49. The fourth-order valence-corrected chi connectivity index (χ4v) is 2.75. The summed E-state index contributed by atoms with van der Waals surface area (Å²) >= 11 is 0. The summed E-state index contributed by atoms with van der Waals surface area (Å²) in [5.74, 6) is 0.591. The van der Waals surface area contributed by atoms with Gasteiger partial charge in [0.05, 0.1) is 0 Å². The van der Waals surface area contributed by atoms with Crippen molar-refractivity contribution in [2.24, 2.45) is 17.1 Å².